The van der Waals surface area contributed by atoms with E-state index in [4.69, 9.17) is 0 Å². The van der Waals surface area contributed by atoms with Crippen LogP contribution in [0.3, 0.4) is 0 Å². The van der Waals surface area contributed by atoms with Crippen LogP contribution in [-0.2, 0) is 65.4 Å². The van der Waals surface area contributed by atoms with Crippen LogP contribution in [0.5, 0.6) is 0 Å². The van der Waals surface area contributed by atoms with Gasteiger partial charge in [-0.25, -0.2) is 33.7 Å². The Morgan fingerprint density at radius 2 is 1.29 bits per heavy atom. The standard InChI is InChI=1S/C22H12.2Y/c1-3-8-17(9-4-1)20-15-14-19-12-7-13-21(22(19)16-20)18-10-5-2-6-11-18;;/h1-8,10,12,14,16H;;/q-4;;. The van der Waals surface area contributed by atoms with Gasteiger partial charge in [-0.2, -0.15) is 84.2 Å². The summed E-state index contributed by atoms with van der Waals surface area (Å²) in [6.45, 7) is 0. The Labute approximate surface area is 193 Å². The van der Waals surface area contributed by atoms with E-state index in [1.807, 2.05) is 48.5 Å². The number of benzene rings is 4. The van der Waals surface area contributed by atoms with Crippen molar-refractivity contribution in [3.63, 3.8) is 0 Å². The summed E-state index contributed by atoms with van der Waals surface area (Å²) in [6.07, 6.45) is 0. The summed E-state index contributed by atoms with van der Waals surface area (Å²) in [5.41, 5.74) is 4.23. The molecule has 4 aromatic rings. The number of hydrogen-bond donors (Lipinski definition) is 0. The Balaban J connectivity index is 0.00000104. The van der Waals surface area contributed by atoms with Gasteiger partial charge < -0.3 is 0 Å². The third-order valence-corrected chi connectivity index (χ3v) is 3.72. The summed E-state index contributed by atoms with van der Waals surface area (Å²) in [7, 11) is 0. The van der Waals surface area contributed by atoms with Crippen LogP contribution in [0.1, 0.15) is 0 Å². The maximum absolute atomic E-state index is 3.35. The van der Waals surface area contributed by atoms with Crippen molar-refractivity contribution in [1.29, 1.82) is 0 Å². The van der Waals surface area contributed by atoms with E-state index >= 15 is 0 Å². The number of hydrogen-bond acceptors (Lipinski definition) is 0. The van der Waals surface area contributed by atoms with Crippen LogP contribution >= 0.6 is 0 Å². The molecule has 2 heteroatoms. The zero-order valence-electron chi connectivity index (χ0n) is 13.1. The molecule has 0 fully saturated rings. The van der Waals surface area contributed by atoms with Crippen LogP contribution in [0.2, 0.25) is 0 Å². The number of fused-ring (bicyclic) bond motifs is 1. The van der Waals surface area contributed by atoms with Crippen LogP contribution in [-0.4, -0.2) is 0 Å². The molecule has 0 saturated carbocycles. The molecule has 2 radical (unpaired) electrons. The first kappa shape index (κ1) is 19.7. The first-order chi connectivity index (χ1) is 10.9. The third kappa shape index (κ3) is 4.11. The van der Waals surface area contributed by atoms with Crippen LogP contribution in [0.25, 0.3) is 33.0 Å². The van der Waals surface area contributed by atoms with Crippen LogP contribution in [0, 0.1) is 24.3 Å². The van der Waals surface area contributed by atoms with Crippen molar-refractivity contribution in [2.75, 3.05) is 0 Å². The third-order valence-electron chi connectivity index (χ3n) is 3.72. The summed E-state index contributed by atoms with van der Waals surface area (Å²) in [4.78, 5) is 0. The molecule has 0 atom stereocenters. The Kier molecular flexibility index (Phi) is 7.51. The van der Waals surface area contributed by atoms with Crippen molar-refractivity contribution in [3.05, 3.63) is 97.1 Å². The van der Waals surface area contributed by atoms with Gasteiger partial charge >= 0.3 is 0 Å². The van der Waals surface area contributed by atoms with Gasteiger partial charge in [0.2, 0.25) is 0 Å². The first-order valence-electron chi connectivity index (χ1n) is 7.22. The molecular weight excluding hydrogens is 442 g/mol. The molecule has 0 heterocycles. The molecule has 0 aliphatic rings. The normalized spacial score (nSPS) is 9.83. The topological polar surface area (TPSA) is 0 Å². The molecule has 24 heavy (non-hydrogen) atoms. The van der Waals surface area contributed by atoms with Gasteiger partial charge in [0.1, 0.15) is 0 Å². The van der Waals surface area contributed by atoms with Crippen LogP contribution in [0.15, 0.2) is 72.8 Å². The molecule has 0 spiro atoms. The molecule has 0 aliphatic heterocycles. The summed E-state index contributed by atoms with van der Waals surface area (Å²) < 4.78 is 0. The Morgan fingerprint density at radius 3 is 1.96 bits per heavy atom. The molecule has 0 aliphatic carbocycles. The fourth-order valence-electron chi connectivity index (χ4n) is 2.64. The fraction of sp³-hybridized carbons (Fsp3) is 0. The molecule has 0 bridgehead atoms. The molecular formula is C22H12Y2-4. The average Bonchev–Trinajstić information content (AvgIpc) is 2.62. The van der Waals surface area contributed by atoms with Crippen molar-refractivity contribution in [2.45, 2.75) is 0 Å². The quantitative estimate of drug-likeness (QED) is 0.358. The molecule has 0 aromatic heterocycles. The Bertz CT molecular complexity index is 916. The Hall–Kier alpha value is -0.652. The van der Waals surface area contributed by atoms with Crippen molar-refractivity contribution >= 4 is 10.8 Å². The predicted molar refractivity (Wildman–Crippen MR) is 90.2 cm³/mol. The van der Waals surface area contributed by atoms with Crippen LogP contribution in [0.4, 0.5) is 0 Å². The summed E-state index contributed by atoms with van der Waals surface area (Å²) in [5, 5.41) is 2.32. The van der Waals surface area contributed by atoms with E-state index in [0.717, 1.165) is 33.0 Å². The van der Waals surface area contributed by atoms with Crippen molar-refractivity contribution in [2.24, 2.45) is 0 Å². The van der Waals surface area contributed by atoms with E-state index in [1.165, 1.54) is 0 Å². The second-order valence-electron chi connectivity index (χ2n) is 5.12. The minimum atomic E-state index is 0. The first-order valence-corrected chi connectivity index (χ1v) is 7.22. The zero-order valence-corrected chi connectivity index (χ0v) is 18.8. The molecule has 0 amide bonds. The fourth-order valence-corrected chi connectivity index (χ4v) is 2.64. The van der Waals surface area contributed by atoms with E-state index in [-0.39, 0.29) is 65.4 Å². The Morgan fingerprint density at radius 1 is 0.583 bits per heavy atom. The second kappa shape index (κ2) is 9.16. The molecule has 4 rings (SSSR count). The minimum Gasteiger partial charge on any atom is -0.237 e. The van der Waals surface area contributed by atoms with Gasteiger partial charge in [-0.3, -0.25) is 0 Å². The van der Waals surface area contributed by atoms with E-state index < -0.39 is 0 Å². The van der Waals surface area contributed by atoms with E-state index in [0.29, 0.717) is 0 Å². The van der Waals surface area contributed by atoms with E-state index in [9.17, 15) is 0 Å². The van der Waals surface area contributed by atoms with Gasteiger partial charge in [0.25, 0.3) is 0 Å². The van der Waals surface area contributed by atoms with Crippen LogP contribution < -0.4 is 0 Å². The van der Waals surface area contributed by atoms with Gasteiger partial charge in [-0.15, -0.1) is 12.1 Å². The largest absolute Gasteiger partial charge is 0.237 e. The van der Waals surface area contributed by atoms with Gasteiger partial charge in [0.05, 0.1) is 0 Å². The summed E-state index contributed by atoms with van der Waals surface area (Å²) in [6, 6.07) is 37.4. The molecule has 0 N–H and O–H groups in total. The smallest absolute Gasteiger partial charge is 0 e. The van der Waals surface area contributed by atoms with Gasteiger partial charge in [-0.05, 0) is 0 Å². The van der Waals surface area contributed by atoms with Crippen molar-refractivity contribution < 1.29 is 65.4 Å². The molecule has 4 aromatic carbocycles. The average molecular weight is 454 g/mol. The summed E-state index contributed by atoms with van der Waals surface area (Å²) >= 11 is 0. The van der Waals surface area contributed by atoms with Crippen molar-refractivity contribution in [3.8, 4) is 22.3 Å². The second-order valence-corrected chi connectivity index (χ2v) is 5.12. The van der Waals surface area contributed by atoms with E-state index in [1.54, 1.807) is 0 Å². The maximum Gasteiger partial charge on any atom is 0 e. The molecule has 0 saturated heterocycles. The molecule has 0 nitrogen and oxygen atoms in total. The van der Waals surface area contributed by atoms with Gasteiger partial charge in [0, 0.05) is 65.4 Å². The molecule has 0 unspecified atom stereocenters. The van der Waals surface area contributed by atoms with E-state index in [2.05, 4.69) is 48.5 Å². The zero-order chi connectivity index (χ0) is 14.8. The SMILES string of the molecule is [Y].[Y].[c-]1ccccc1-c1[c-]cc2cc[c-]c(-c3[c-]cccc3)c2c1. The molecule has 110 valence electrons. The minimum absolute atomic E-state index is 0. The monoisotopic (exact) mass is 454 g/mol. The number of rotatable bonds is 2. The van der Waals surface area contributed by atoms with Crippen molar-refractivity contribution in [1.82, 2.24) is 0 Å². The van der Waals surface area contributed by atoms with Gasteiger partial charge in [-0.1, -0.05) is 0 Å². The van der Waals surface area contributed by atoms with Gasteiger partial charge in [0.15, 0.2) is 0 Å². The maximum atomic E-state index is 3.35. The summed E-state index contributed by atoms with van der Waals surface area (Å²) in [5.74, 6) is 0. The predicted octanol–water partition coefficient (Wildman–Crippen LogP) is 5.37.